The lowest BCUT2D eigenvalue weighted by Crippen LogP contribution is -2.26. The van der Waals surface area contributed by atoms with E-state index in [0.717, 1.165) is 5.56 Å². The van der Waals surface area contributed by atoms with Gasteiger partial charge in [0, 0.05) is 37.3 Å². The van der Waals surface area contributed by atoms with E-state index >= 15 is 0 Å². The number of anilines is 1. The molecular formula is C12H18ClN3O. The van der Waals surface area contributed by atoms with Crippen LogP contribution in [0.4, 0.5) is 5.69 Å². The predicted octanol–water partition coefficient (Wildman–Crippen LogP) is 1.49. The second kappa shape index (κ2) is 6.47. The summed E-state index contributed by atoms with van der Waals surface area (Å²) in [5.41, 5.74) is 7.38. The topological polar surface area (TPSA) is 58.4 Å². The van der Waals surface area contributed by atoms with E-state index in [2.05, 4.69) is 5.32 Å². The number of carbonyl (C=O) groups excluding carboxylic acids is 1. The molecule has 17 heavy (non-hydrogen) atoms. The molecule has 0 saturated heterocycles. The van der Waals surface area contributed by atoms with Crippen LogP contribution >= 0.6 is 11.6 Å². The number of benzene rings is 1. The molecule has 0 unspecified atom stereocenters. The Morgan fingerprint density at radius 1 is 1.53 bits per heavy atom. The van der Waals surface area contributed by atoms with Gasteiger partial charge in [0.1, 0.15) is 0 Å². The molecule has 0 aromatic heterocycles. The fourth-order valence-electron chi connectivity index (χ4n) is 1.50. The van der Waals surface area contributed by atoms with Gasteiger partial charge in [-0.1, -0.05) is 11.6 Å². The molecule has 94 valence electrons. The summed E-state index contributed by atoms with van der Waals surface area (Å²) < 4.78 is 0. The summed E-state index contributed by atoms with van der Waals surface area (Å²) in [6.45, 7) is 1.37. The molecule has 0 saturated carbocycles. The van der Waals surface area contributed by atoms with Crippen LogP contribution in [0.2, 0.25) is 5.02 Å². The Labute approximate surface area is 107 Å². The predicted molar refractivity (Wildman–Crippen MR) is 70.9 cm³/mol. The largest absolute Gasteiger partial charge is 0.399 e. The molecule has 3 N–H and O–H groups in total. The van der Waals surface area contributed by atoms with Gasteiger partial charge in [-0.25, -0.2) is 0 Å². The van der Waals surface area contributed by atoms with Crippen molar-refractivity contribution in [3.63, 3.8) is 0 Å². The summed E-state index contributed by atoms with van der Waals surface area (Å²) in [5.74, 6) is 0.0375. The molecule has 1 rings (SSSR count). The highest BCUT2D eigenvalue weighted by Crippen LogP contribution is 2.20. The number of nitrogens with one attached hydrogen (secondary N) is 1. The second-order valence-corrected chi connectivity index (χ2v) is 4.42. The first-order valence-electron chi connectivity index (χ1n) is 5.46. The van der Waals surface area contributed by atoms with Gasteiger partial charge in [-0.2, -0.15) is 0 Å². The average molecular weight is 256 g/mol. The molecular weight excluding hydrogens is 238 g/mol. The van der Waals surface area contributed by atoms with Gasteiger partial charge in [0.05, 0.1) is 0 Å². The number of carbonyl (C=O) groups is 1. The smallest absolute Gasteiger partial charge is 0.221 e. The molecule has 1 amide bonds. The van der Waals surface area contributed by atoms with Crippen molar-refractivity contribution in [1.29, 1.82) is 0 Å². The van der Waals surface area contributed by atoms with E-state index in [-0.39, 0.29) is 5.91 Å². The van der Waals surface area contributed by atoms with Gasteiger partial charge in [0.25, 0.3) is 0 Å². The number of nitrogen functional groups attached to an aromatic ring is 1. The van der Waals surface area contributed by atoms with Crippen molar-refractivity contribution in [2.24, 2.45) is 0 Å². The molecule has 1 aromatic carbocycles. The number of amides is 1. The zero-order valence-corrected chi connectivity index (χ0v) is 10.9. The average Bonchev–Trinajstić information content (AvgIpc) is 2.30. The highest BCUT2D eigenvalue weighted by atomic mass is 35.5. The number of hydrogen-bond acceptors (Lipinski definition) is 3. The third kappa shape index (κ3) is 4.63. The van der Waals surface area contributed by atoms with E-state index in [4.69, 9.17) is 17.3 Å². The Hall–Kier alpha value is -1.26. The number of nitrogens with zero attached hydrogens (tertiary/aromatic N) is 1. The molecule has 1 aromatic rings. The second-order valence-electron chi connectivity index (χ2n) is 4.01. The summed E-state index contributed by atoms with van der Waals surface area (Å²) in [4.78, 5) is 13.1. The maximum Gasteiger partial charge on any atom is 0.221 e. The van der Waals surface area contributed by atoms with E-state index in [1.165, 1.54) is 0 Å². The van der Waals surface area contributed by atoms with Crippen LogP contribution in [0.5, 0.6) is 0 Å². The van der Waals surface area contributed by atoms with Crippen molar-refractivity contribution in [2.75, 3.05) is 26.4 Å². The SMILES string of the molecule is CNC(=O)CCN(C)Cc1cc(N)ccc1Cl. The number of rotatable bonds is 5. The Morgan fingerprint density at radius 3 is 2.88 bits per heavy atom. The third-order valence-corrected chi connectivity index (χ3v) is 2.88. The summed E-state index contributed by atoms with van der Waals surface area (Å²) in [5, 5.41) is 3.29. The zero-order valence-electron chi connectivity index (χ0n) is 10.2. The standard InChI is InChI=1S/C12H18ClN3O/c1-15-12(17)5-6-16(2)8-9-7-10(14)3-4-11(9)13/h3-4,7H,5-6,8,14H2,1-2H3,(H,15,17). The minimum Gasteiger partial charge on any atom is -0.399 e. The Kier molecular flexibility index (Phi) is 5.25. The van der Waals surface area contributed by atoms with Gasteiger partial charge in [-0.15, -0.1) is 0 Å². The molecule has 0 fully saturated rings. The van der Waals surface area contributed by atoms with E-state index in [9.17, 15) is 4.79 Å². The van der Waals surface area contributed by atoms with E-state index < -0.39 is 0 Å². The first-order chi connectivity index (χ1) is 8.02. The van der Waals surface area contributed by atoms with Gasteiger partial charge in [0.2, 0.25) is 5.91 Å². The van der Waals surface area contributed by atoms with Crippen LogP contribution in [0, 0.1) is 0 Å². The molecule has 0 aliphatic heterocycles. The Bertz CT molecular complexity index is 395. The first kappa shape index (κ1) is 13.8. The van der Waals surface area contributed by atoms with Crippen LogP contribution < -0.4 is 11.1 Å². The molecule has 0 aliphatic carbocycles. The van der Waals surface area contributed by atoms with Crippen LogP contribution in [0.15, 0.2) is 18.2 Å². The summed E-state index contributed by atoms with van der Waals surface area (Å²) in [7, 11) is 3.58. The monoisotopic (exact) mass is 255 g/mol. The summed E-state index contributed by atoms with van der Waals surface area (Å²) in [6.07, 6.45) is 0.479. The Balaban J connectivity index is 2.52. The van der Waals surface area contributed by atoms with Gasteiger partial charge in [-0.3, -0.25) is 4.79 Å². The lowest BCUT2D eigenvalue weighted by atomic mass is 10.2. The maximum atomic E-state index is 11.1. The van der Waals surface area contributed by atoms with Crippen molar-refractivity contribution in [1.82, 2.24) is 10.2 Å². The number of halogens is 1. The molecule has 5 heteroatoms. The fourth-order valence-corrected chi connectivity index (χ4v) is 1.68. The van der Waals surface area contributed by atoms with Crippen molar-refractivity contribution < 1.29 is 4.79 Å². The van der Waals surface area contributed by atoms with Crippen molar-refractivity contribution in [3.8, 4) is 0 Å². The highest BCUT2D eigenvalue weighted by Gasteiger charge is 2.06. The van der Waals surface area contributed by atoms with Gasteiger partial charge in [0.15, 0.2) is 0 Å². The quantitative estimate of drug-likeness (QED) is 0.784. The van der Waals surface area contributed by atoms with Crippen LogP contribution in [-0.4, -0.2) is 31.4 Å². The van der Waals surface area contributed by atoms with Crippen LogP contribution in [0.1, 0.15) is 12.0 Å². The fraction of sp³-hybridized carbons (Fsp3) is 0.417. The normalized spacial score (nSPS) is 10.6. The van der Waals surface area contributed by atoms with E-state index in [0.29, 0.717) is 30.2 Å². The van der Waals surface area contributed by atoms with Crippen LogP contribution in [0.3, 0.4) is 0 Å². The molecule has 4 nitrogen and oxygen atoms in total. The summed E-state index contributed by atoms with van der Waals surface area (Å²) >= 11 is 6.07. The minimum absolute atomic E-state index is 0.0375. The Morgan fingerprint density at radius 2 is 2.24 bits per heavy atom. The third-order valence-electron chi connectivity index (χ3n) is 2.51. The molecule has 0 atom stereocenters. The summed E-state index contributed by atoms with van der Waals surface area (Å²) in [6, 6.07) is 5.42. The van der Waals surface area contributed by atoms with Crippen LogP contribution in [-0.2, 0) is 11.3 Å². The molecule has 0 heterocycles. The van der Waals surface area contributed by atoms with Gasteiger partial charge >= 0.3 is 0 Å². The number of nitrogens with two attached hydrogens (primary N) is 1. The molecule has 0 aliphatic rings. The molecule has 0 spiro atoms. The van der Waals surface area contributed by atoms with Gasteiger partial charge in [-0.05, 0) is 30.8 Å². The van der Waals surface area contributed by atoms with E-state index in [1.54, 1.807) is 19.2 Å². The van der Waals surface area contributed by atoms with Crippen molar-refractivity contribution >= 4 is 23.2 Å². The molecule has 0 radical (unpaired) electrons. The van der Waals surface area contributed by atoms with Crippen LogP contribution in [0.25, 0.3) is 0 Å². The minimum atomic E-state index is 0.0375. The van der Waals surface area contributed by atoms with Gasteiger partial charge < -0.3 is 16.0 Å². The lowest BCUT2D eigenvalue weighted by Gasteiger charge is -2.17. The molecule has 0 bridgehead atoms. The van der Waals surface area contributed by atoms with E-state index in [1.807, 2.05) is 18.0 Å². The number of hydrogen-bond donors (Lipinski definition) is 2. The lowest BCUT2D eigenvalue weighted by molar-refractivity contribution is -0.120. The maximum absolute atomic E-state index is 11.1. The zero-order chi connectivity index (χ0) is 12.8. The first-order valence-corrected chi connectivity index (χ1v) is 5.83. The van der Waals surface area contributed by atoms with Crippen molar-refractivity contribution in [2.45, 2.75) is 13.0 Å². The highest BCUT2D eigenvalue weighted by molar-refractivity contribution is 6.31. The van der Waals surface area contributed by atoms with Crippen molar-refractivity contribution in [3.05, 3.63) is 28.8 Å².